The molecule has 2 rings (SSSR count). The number of carbonyl (C=O) groups is 1. The van der Waals surface area contributed by atoms with Crippen LogP contribution in [-0.2, 0) is 10.0 Å². The van der Waals surface area contributed by atoms with Crippen molar-refractivity contribution >= 4 is 39.2 Å². The average Bonchev–Trinajstić information content (AvgIpc) is 2.62. The fourth-order valence-corrected chi connectivity index (χ4v) is 3.73. The molecule has 8 nitrogen and oxygen atoms in total. The van der Waals surface area contributed by atoms with Crippen LogP contribution in [-0.4, -0.2) is 31.5 Å². The number of aromatic nitrogens is 2. The summed E-state index contributed by atoms with van der Waals surface area (Å²) in [6, 6.07) is 3.89. The average molecular weight is 426 g/mol. The minimum absolute atomic E-state index is 0.0724. The maximum absolute atomic E-state index is 12.5. The van der Waals surface area contributed by atoms with Crippen LogP contribution in [0.2, 0.25) is 5.02 Å². The highest BCUT2D eigenvalue weighted by Gasteiger charge is 2.23. The van der Waals surface area contributed by atoms with Gasteiger partial charge in [-0.25, -0.2) is 19.5 Å². The van der Waals surface area contributed by atoms with E-state index < -0.39 is 16.1 Å². The Morgan fingerprint density at radius 1 is 1.04 bits per heavy atom. The first-order valence-electron chi connectivity index (χ1n) is 8.72. The molecule has 0 unspecified atom stereocenters. The lowest BCUT2D eigenvalue weighted by Crippen LogP contribution is -2.35. The van der Waals surface area contributed by atoms with Crippen LogP contribution < -0.4 is 15.4 Å². The second-order valence-corrected chi connectivity index (χ2v) is 8.89. The van der Waals surface area contributed by atoms with Crippen LogP contribution >= 0.6 is 11.6 Å². The van der Waals surface area contributed by atoms with Gasteiger partial charge in [0, 0.05) is 23.8 Å². The maximum Gasteiger partial charge on any atom is 0.333 e. The van der Waals surface area contributed by atoms with Crippen molar-refractivity contribution in [3.05, 3.63) is 40.7 Å². The van der Waals surface area contributed by atoms with E-state index in [1.807, 2.05) is 32.4 Å². The summed E-state index contributed by atoms with van der Waals surface area (Å²) in [4.78, 5) is 20.1. The van der Waals surface area contributed by atoms with Gasteiger partial charge in [-0.1, -0.05) is 39.3 Å². The highest BCUT2D eigenvalue weighted by atomic mass is 35.5. The smallest absolute Gasteiger partial charge is 0.333 e. The number of amides is 2. The predicted octanol–water partition coefficient (Wildman–Crippen LogP) is 3.93. The van der Waals surface area contributed by atoms with Gasteiger partial charge in [0.15, 0.2) is 5.03 Å². The number of rotatable bonds is 6. The Hall–Kier alpha value is -2.39. The molecular weight excluding hydrogens is 402 g/mol. The second-order valence-electron chi connectivity index (χ2n) is 6.82. The minimum Gasteiger partial charge on any atom is -0.373 e. The van der Waals surface area contributed by atoms with Crippen LogP contribution in [0.1, 0.15) is 50.7 Å². The predicted molar refractivity (Wildman–Crippen MR) is 111 cm³/mol. The van der Waals surface area contributed by atoms with Crippen molar-refractivity contribution in [2.75, 3.05) is 17.7 Å². The first kappa shape index (κ1) is 21.9. The highest BCUT2D eigenvalue weighted by Crippen LogP contribution is 2.35. The zero-order valence-corrected chi connectivity index (χ0v) is 17.9. The normalized spacial score (nSPS) is 11.6. The van der Waals surface area contributed by atoms with Gasteiger partial charge in [-0.3, -0.25) is 0 Å². The maximum atomic E-state index is 12.5. The fraction of sp³-hybridized carbons (Fsp3) is 0.389. The van der Waals surface area contributed by atoms with Crippen LogP contribution in [0.25, 0.3) is 0 Å². The van der Waals surface area contributed by atoms with E-state index in [0.29, 0.717) is 16.5 Å². The van der Waals surface area contributed by atoms with Gasteiger partial charge in [0.2, 0.25) is 0 Å². The monoisotopic (exact) mass is 425 g/mol. The zero-order valence-electron chi connectivity index (χ0n) is 16.4. The molecule has 2 aromatic rings. The van der Waals surface area contributed by atoms with Gasteiger partial charge >= 0.3 is 6.03 Å². The van der Waals surface area contributed by atoms with Crippen molar-refractivity contribution in [1.29, 1.82) is 0 Å². The van der Waals surface area contributed by atoms with E-state index >= 15 is 0 Å². The molecule has 1 aromatic carbocycles. The third-order valence-corrected chi connectivity index (χ3v) is 5.49. The van der Waals surface area contributed by atoms with Crippen LogP contribution in [0.3, 0.4) is 0 Å². The van der Waals surface area contributed by atoms with Crippen molar-refractivity contribution in [2.45, 2.75) is 44.6 Å². The summed E-state index contributed by atoms with van der Waals surface area (Å²) in [6.07, 6.45) is 1.10. The molecular formula is C18H24ClN5O3S. The third kappa shape index (κ3) is 5.11. The summed E-state index contributed by atoms with van der Waals surface area (Å²) in [5.74, 6) is 0.462. The summed E-state index contributed by atoms with van der Waals surface area (Å²) in [5, 5.41) is 5.65. The van der Waals surface area contributed by atoms with Crippen molar-refractivity contribution in [3.63, 3.8) is 0 Å². The van der Waals surface area contributed by atoms with Gasteiger partial charge in [0.1, 0.15) is 12.1 Å². The molecule has 0 bridgehead atoms. The zero-order chi connectivity index (χ0) is 21.1. The Labute approximate surface area is 170 Å². The van der Waals surface area contributed by atoms with E-state index in [1.165, 1.54) is 6.07 Å². The first-order valence-corrected chi connectivity index (χ1v) is 10.6. The van der Waals surface area contributed by atoms with Crippen LogP contribution in [0.4, 0.5) is 16.3 Å². The molecule has 0 saturated carbocycles. The minimum atomic E-state index is -4.17. The molecule has 0 saturated heterocycles. The lowest BCUT2D eigenvalue weighted by atomic mass is 9.92. The number of nitrogens with one attached hydrogen (secondary N) is 3. The van der Waals surface area contributed by atoms with E-state index in [2.05, 4.69) is 20.6 Å². The number of benzene rings is 1. The second kappa shape index (κ2) is 8.74. The number of anilines is 2. The molecule has 2 amide bonds. The molecule has 0 aliphatic heterocycles. The van der Waals surface area contributed by atoms with E-state index in [0.717, 1.165) is 17.5 Å². The van der Waals surface area contributed by atoms with Crippen LogP contribution in [0.5, 0.6) is 0 Å². The van der Waals surface area contributed by atoms with Gasteiger partial charge in [0.25, 0.3) is 10.0 Å². The van der Waals surface area contributed by atoms with Gasteiger partial charge in [-0.2, -0.15) is 8.42 Å². The molecule has 1 aromatic heterocycles. The Balaban J connectivity index is 2.34. The number of urea groups is 1. The number of hydrogen-bond donors (Lipinski definition) is 3. The van der Waals surface area contributed by atoms with Crippen molar-refractivity contribution < 1.29 is 13.2 Å². The van der Waals surface area contributed by atoms with Gasteiger partial charge in [-0.05, 0) is 35.1 Å². The van der Waals surface area contributed by atoms with E-state index in [4.69, 9.17) is 11.6 Å². The highest BCUT2D eigenvalue weighted by molar-refractivity contribution is 7.90. The molecule has 0 spiro atoms. The van der Waals surface area contributed by atoms with E-state index in [-0.39, 0.29) is 16.9 Å². The van der Waals surface area contributed by atoms with Crippen molar-refractivity contribution in [1.82, 2.24) is 14.7 Å². The summed E-state index contributed by atoms with van der Waals surface area (Å²) < 4.78 is 27.0. The largest absolute Gasteiger partial charge is 0.373 e. The molecule has 0 radical (unpaired) electrons. The SMILES string of the molecule is CNc1cc(S(=O)(=O)NC(=O)Nc2c(C(C)C)cc(Cl)cc2C(C)C)ncn1. The molecule has 1 heterocycles. The number of halogens is 1. The van der Waals surface area contributed by atoms with Gasteiger partial charge in [-0.15, -0.1) is 0 Å². The number of sulfonamides is 1. The molecule has 10 heteroatoms. The molecule has 0 aliphatic carbocycles. The number of nitrogens with zero attached hydrogens (tertiary/aromatic N) is 2. The summed E-state index contributed by atoms with van der Waals surface area (Å²) in [7, 11) is -2.57. The van der Waals surface area contributed by atoms with Gasteiger partial charge in [0.05, 0.1) is 0 Å². The molecule has 3 N–H and O–H groups in total. The first-order chi connectivity index (χ1) is 13.0. The van der Waals surface area contributed by atoms with Crippen molar-refractivity contribution in [3.8, 4) is 0 Å². The topological polar surface area (TPSA) is 113 Å². The van der Waals surface area contributed by atoms with Crippen molar-refractivity contribution in [2.24, 2.45) is 0 Å². The molecule has 0 fully saturated rings. The standard InChI is InChI=1S/C18H24ClN5O3S/c1-10(2)13-6-12(19)7-14(11(3)4)17(13)23-18(25)24-28(26,27)16-8-15(20-5)21-9-22-16/h6-11H,1-5H3,(H,20,21,22)(H2,23,24,25). The molecule has 0 aliphatic rings. The fourth-order valence-electron chi connectivity index (χ4n) is 2.64. The Morgan fingerprint density at radius 3 is 2.11 bits per heavy atom. The lowest BCUT2D eigenvalue weighted by molar-refractivity contribution is 0.256. The molecule has 28 heavy (non-hydrogen) atoms. The number of carbonyl (C=O) groups excluding carboxylic acids is 1. The van der Waals surface area contributed by atoms with Crippen LogP contribution in [0.15, 0.2) is 29.6 Å². The Kier molecular flexibility index (Phi) is 6.84. The third-order valence-electron chi connectivity index (χ3n) is 4.05. The Bertz CT molecular complexity index is 948. The lowest BCUT2D eigenvalue weighted by Gasteiger charge is -2.21. The van der Waals surface area contributed by atoms with E-state index in [1.54, 1.807) is 19.2 Å². The van der Waals surface area contributed by atoms with Gasteiger partial charge < -0.3 is 10.6 Å². The molecule has 152 valence electrons. The summed E-state index contributed by atoms with van der Waals surface area (Å²) in [6.45, 7) is 7.87. The quantitative estimate of drug-likeness (QED) is 0.604. The van der Waals surface area contributed by atoms with E-state index in [9.17, 15) is 13.2 Å². The molecule has 0 atom stereocenters. The summed E-state index contributed by atoms with van der Waals surface area (Å²) >= 11 is 6.22. The number of hydrogen-bond acceptors (Lipinski definition) is 6. The summed E-state index contributed by atoms with van der Waals surface area (Å²) in [5.41, 5.74) is 2.20. The van der Waals surface area contributed by atoms with Crippen LogP contribution in [0, 0.1) is 0 Å². The Morgan fingerprint density at radius 2 is 1.61 bits per heavy atom.